The van der Waals surface area contributed by atoms with Crippen molar-refractivity contribution in [2.45, 2.75) is 18.8 Å². The van der Waals surface area contributed by atoms with Crippen molar-refractivity contribution in [2.75, 3.05) is 5.32 Å². The molecule has 0 atom stereocenters. The maximum atomic E-state index is 11.9. The number of hydrogen-bond donors (Lipinski definition) is 1. The molecule has 0 radical (unpaired) electrons. The summed E-state index contributed by atoms with van der Waals surface area (Å²) in [5.41, 5.74) is 0.426. The van der Waals surface area contributed by atoms with E-state index in [0.717, 1.165) is 17.3 Å². The van der Waals surface area contributed by atoms with E-state index in [1.165, 1.54) is 6.20 Å². The average Bonchev–Trinajstić information content (AvgIpc) is 3.11. The maximum Gasteiger partial charge on any atom is 0.328 e. The van der Waals surface area contributed by atoms with Crippen LogP contribution < -0.4 is 5.32 Å². The largest absolute Gasteiger partial charge is 0.328 e. The molecule has 1 N–H and O–H groups in total. The van der Waals surface area contributed by atoms with Gasteiger partial charge in [0.15, 0.2) is 5.82 Å². The number of carbonyl (C=O) groups excluding carboxylic acids is 1. The summed E-state index contributed by atoms with van der Waals surface area (Å²) >= 11 is 3.25. The van der Waals surface area contributed by atoms with Crippen LogP contribution in [-0.4, -0.2) is 21.0 Å². The molecule has 0 spiro atoms. The first kappa shape index (κ1) is 11.3. The lowest BCUT2D eigenvalue weighted by Crippen LogP contribution is -2.12. The Kier molecular flexibility index (Phi) is 2.83. The molecule has 7 heteroatoms. The van der Waals surface area contributed by atoms with Crippen LogP contribution in [-0.2, 0) is 0 Å². The Morgan fingerprint density at radius 2 is 2.28 bits per heavy atom. The summed E-state index contributed by atoms with van der Waals surface area (Å²) in [6.45, 7) is 0. The molecule has 1 aliphatic rings. The molecule has 1 saturated carbocycles. The number of nitrogens with one attached hydrogen (secondary N) is 1. The molecule has 2 heterocycles. The van der Waals surface area contributed by atoms with E-state index in [9.17, 15) is 4.79 Å². The fraction of sp³-hybridized carbons (Fsp3) is 0.273. The standard InChI is InChI=1S/C11H9BrN4O2/c12-8-3-7(4-13-5-8)10(17)15-11-14-9(16-18-11)6-1-2-6/h3-6H,1-2H2,(H,14,15,16,17). The number of aromatic nitrogens is 3. The molecule has 0 aliphatic heterocycles. The molecule has 1 aliphatic carbocycles. The summed E-state index contributed by atoms with van der Waals surface area (Å²) in [6, 6.07) is 1.79. The number of nitrogens with zero attached hydrogens (tertiary/aromatic N) is 3. The molecule has 92 valence electrons. The first-order valence-electron chi connectivity index (χ1n) is 5.48. The zero-order valence-corrected chi connectivity index (χ0v) is 10.8. The van der Waals surface area contributed by atoms with Crippen LogP contribution in [0.25, 0.3) is 0 Å². The first-order chi connectivity index (χ1) is 8.72. The highest BCUT2D eigenvalue weighted by Gasteiger charge is 2.29. The molecule has 1 amide bonds. The third kappa shape index (κ3) is 2.40. The van der Waals surface area contributed by atoms with E-state index in [2.05, 4.69) is 36.4 Å². The number of amides is 1. The van der Waals surface area contributed by atoms with E-state index < -0.39 is 0 Å². The Bertz CT molecular complexity index is 594. The van der Waals surface area contributed by atoms with Crippen molar-refractivity contribution < 1.29 is 9.32 Å². The number of hydrogen-bond acceptors (Lipinski definition) is 5. The fourth-order valence-corrected chi connectivity index (χ4v) is 1.86. The molecule has 2 aromatic rings. The second-order valence-corrected chi connectivity index (χ2v) is 4.99. The van der Waals surface area contributed by atoms with Gasteiger partial charge in [-0.3, -0.25) is 15.1 Å². The van der Waals surface area contributed by atoms with Crippen molar-refractivity contribution >= 4 is 27.9 Å². The van der Waals surface area contributed by atoms with E-state index in [4.69, 9.17) is 4.52 Å². The number of anilines is 1. The average molecular weight is 309 g/mol. The lowest BCUT2D eigenvalue weighted by atomic mass is 10.3. The van der Waals surface area contributed by atoms with Crippen molar-refractivity contribution in [3.63, 3.8) is 0 Å². The Balaban J connectivity index is 1.73. The maximum absolute atomic E-state index is 11.9. The molecule has 2 aromatic heterocycles. The van der Waals surface area contributed by atoms with Gasteiger partial charge in [0, 0.05) is 22.8 Å². The van der Waals surface area contributed by atoms with Crippen LogP contribution in [0.15, 0.2) is 27.5 Å². The lowest BCUT2D eigenvalue weighted by Gasteiger charge is -1.99. The Morgan fingerprint density at radius 3 is 3.00 bits per heavy atom. The minimum absolute atomic E-state index is 0.127. The second kappa shape index (κ2) is 4.49. The summed E-state index contributed by atoms with van der Waals surface area (Å²) in [5, 5.41) is 6.37. The van der Waals surface area contributed by atoms with E-state index in [1.54, 1.807) is 12.3 Å². The minimum atomic E-state index is -0.324. The van der Waals surface area contributed by atoms with Gasteiger partial charge in [-0.1, -0.05) is 5.16 Å². The fourth-order valence-electron chi connectivity index (χ4n) is 1.50. The normalized spacial score (nSPS) is 14.5. The predicted octanol–water partition coefficient (Wildman–Crippen LogP) is 2.36. The van der Waals surface area contributed by atoms with Gasteiger partial charge in [-0.15, -0.1) is 0 Å². The van der Waals surface area contributed by atoms with Crippen LogP contribution in [0.3, 0.4) is 0 Å². The molecular formula is C11H9BrN4O2. The number of pyridine rings is 1. The molecule has 18 heavy (non-hydrogen) atoms. The predicted molar refractivity (Wildman–Crippen MR) is 66.2 cm³/mol. The second-order valence-electron chi connectivity index (χ2n) is 4.08. The van der Waals surface area contributed by atoms with Gasteiger partial charge < -0.3 is 4.52 Å². The van der Waals surface area contributed by atoms with Crippen molar-refractivity contribution in [3.05, 3.63) is 34.3 Å². The highest BCUT2D eigenvalue weighted by atomic mass is 79.9. The molecule has 0 bridgehead atoms. The quantitative estimate of drug-likeness (QED) is 0.941. The molecular weight excluding hydrogens is 300 g/mol. The summed E-state index contributed by atoms with van der Waals surface area (Å²) in [7, 11) is 0. The van der Waals surface area contributed by atoms with E-state index in [1.807, 2.05) is 0 Å². The Hall–Kier alpha value is -1.76. The molecule has 0 unspecified atom stereocenters. The van der Waals surface area contributed by atoms with Gasteiger partial charge in [-0.05, 0) is 34.8 Å². The van der Waals surface area contributed by atoms with Crippen molar-refractivity contribution in [2.24, 2.45) is 0 Å². The van der Waals surface area contributed by atoms with Crippen LogP contribution in [0, 0.1) is 0 Å². The summed E-state index contributed by atoms with van der Waals surface area (Å²) in [4.78, 5) is 19.9. The van der Waals surface area contributed by atoms with Gasteiger partial charge in [-0.25, -0.2) is 0 Å². The van der Waals surface area contributed by atoms with Crippen LogP contribution in [0.5, 0.6) is 0 Å². The van der Waals surface area contributed by atoms with Crippen LogP contribution in [0.4, 0.5) is 6.01 Å². The van der Waals surface area contributed by atoms with Gasteiger partial charge in [0.1, 0.15) is 0 Å². The summed E-state index contributed by atoms with van der Waals surface area (Å²) in [5.74, 6) is 0.736. The molecule has 0 aromatic carbocycles. The molecule has 1 fully saturated rings. The Morgan fingerprint density at radius 1 is 1.44 bits per heavy atom. The summed E-state index contributed by atoms with van der Waals surface area (Å²) in [6.07, 6.45) is 5.25. The SMILES string of the molecule is O=C(Nc1nc(C2CC2)no1)c1cncc(Br)c1. The number of rotatable bonds is 3. The van der Waals surface area contributed by atoms with Crippen molar-refractivity contribution in [1.29, 1.82) is 0 Å². The third-order valence-electron chi connectivity index (χ3n) is 2.57. The minimum Gasteiger partial charge on any atom is -0.315 e. The highest BCUT2D eigenvalue weighted by Crippen LogP contribution is 2.38. The van der Waals surface area contributed by atoms with Gasteiger partial charge in [0.05, 0.1) is 5.56 Å². The topological polar surface area (TPSA) is 80.9 Å². The van der Waals surface area contributed by atoms with Gasteiger partial charge in [0.25, 0.3) is 5.91 Å². The number of carbonyl (C=O) groups is 1. The van der Waals surface area contributed by atoms with Gasteiger partial charge in [0.2, 0.25) is 0 Å². The molecule has 6 nitrogen and oxygen atoms in total. The lowest BCUT2D eigenvalue weighted by molar-refractivity contribution is 0.102. The monoisotopic (exact) mass is 308 g/mol. The highest BCUT2D eigenvalue weighted by molar-refractivity contribution is 9.10. The van der Waals surface area contributed by atoms with E-state index in [-0.39, 0.29) is 11.9 Å². The summed E-state index contributed by atoms with van der Waals surface area (Å²) < 4.78 is 5.70. The van der Waals surface area contributed by atoms with Crippen molar-refractivity contribution in [3.8, 4) is 0 Å². The van der Waals surface area contributed by atoms with E-state index >= 15 is 0 Å². The van der Waals surface area contributed by atoms with Crippen LogP contribution >= 0.6 is 15.9 Å². The smallest absolute Gasteiger partial charge is 0.315 e. The molecule has 3 rings (SSSR count). The van der Waals surface area contributed by atoms with E-state index in [0.29, 0.717) is 17.3 Å². The van der Waals surface area contributed by atoms with Gasteiger partial charge >= 0.3 is 6.01 Å². The third-order valence-corrected chi connectivity index (χ3v) is 3.01. The zero-order valence-electron chi connectivity index (χ0n) is 9.26. The first-order valence-corrected chi connectivity index (χ1v) is 6.27. The Labute approximate surface area is 111 Å². The zero-order chi connectivity index (χ0) is 12.5. The van der Waals surface area contributed by atoms with Crippen LogP contribution in [0.2, 0.25) is 0 Å². The molecule has 0 saturated heterocycles. The van der Waals surface area contributed by atoms with Gasteiger partial charge in [-0.2, -0.15) is 4.98 Å². The van der Waals surface area contributed by atoms with Crippen LogP contribution in [0.1, 0.15) is 34.9 Å². The van der Waals surface area contributed by atoms with Crippen molar-refractivity contribution in [1.82, 2.24) is 15.1 Å². The number of halogens is 1.